The summed E-state index contributed by atoms with van der Waals surface area (Å²) in [6.07, 6.45) is 0. The third-order valence-electron chi connectivity index (χ3n) is 4.32. The van der Waals surface area contributed by atoms with Crippen LogP contribution in [0.5, 0.6) is 5.75 Å². The maximum Gasteiger partial charge on any atom is 0.236 e. The smallest absolute Gasteiger partial charge is 0.236 e. The zero-order valence-electron chi connectivity index (χ0n) is 15.5. The van der Waals surface area contributed by atoms with Crippen molar-refractivity contribution in [3.8, 4) is 5.75 Å². The van der Waals surface area contributed by atoms with E-state index >= 15 is 0 Å². The van der Waals surface area contributed by atoms with Gasteiger partial charge in [0.15, 0.2) is 0 Å². The Balaban J connectivity index is 1.96. The quantitative estimate of drug-likeness (QED) is 0.798. The molecule has 0 bridgehead atoms. The number of nitrogens with zero attached hydrogens (tertiary/aromatic N) is 1. The number of methoxy groups -OCH3 is 1. The van der Waals surface area contributed by atoms with E-state index in [-0.39, 0.29) is 11.9 Å². The van der Waals surface area contributed by atoms with Crippen LogP contribution in [0, 0.1) is 5.92 Å². The molecule has 0 aliphatic carbocycles. The van der Waals surface area contributed by atoms with Crippen molar-refractivity contribution < 1.29 is 9.53 Å². The monoisotopic (exact) mass is 340 g/mol. The molecule has 2 aromatic rings. The normalized spacial score (nSPS) is 12.0. The number of rotatable bonds is 8. The number of likely N-dealkylation sites (N-methyl/N-ethyl adjacent to an activating group) is 1. The first-order chi connectivity index (χ1) is 12.0. The minimum absolute atomic E-state index is 0.0625. The summed E-state index contributed by atoms with van der Waals surface area (Å²) < 4.78 is 5.36. The van der Waals surface area contributed by atoms with Gasteiger partial charge in [0, 0.05) is 25.2 Å². The molecule has 25 heavy (non-hydrogen) atoms. The second-order valence-corrected chi connectivity index (χ2v) is 6.57. The summed E-state index contributed by atoms with van der Waals surface area (Å²) in [5.41, 5.74) is 2.21. The van der Waals surface area contributed by atoms with E-state index in [0.29, 0.717) is 19.0 Å². The minimum Gasteiger partial charge on any atom is -0.496 e. The van der Waals surface area contributed by atoms with E-state index in [1.54, 1.807) is 12.0 Å². The second-order valence-electron chi connectivity index (χ2n) is 6.57. The van der Waals surface area contributed by atoms with E-state index in [4.69, 9.17) is 4.74 Å². The van der Waals surface area contributed by atoms with Crippen LogP contribution in [0.1, 0.15) is 31.0 Å². The van der Waals surface area contributed by atoms with Gasteiger partial charge in [-0.05, 0) is 17.5 Å². The minimum atomic E-state index is 0.0625. The molecule has 4 heteroatoms. The number of hydrogen-bond acceptors (Lipinski definition) is 3. The van der Waals surface area contributed by atoms with Crippen LogP contribution in [0.25, 0.3) is 0 Å². The molecule has 0 heterocycles. The van der Waals surface area contributed by atoms with Gasteiger partial charge < -0.3 is 15.0 Å². The third-order valence-corrected chi connectivity index (χ3v) is 4.32. The molecule has 0 saturated carbocycles. The molecule has 0 saturated heterocycles. The molecule has 2 aromatic carbocycles. The predicted octanol–water partition coefficient (Wildman–Crippen LogP) is 3.64. The maximum absolute atomic E-state index is 12.5. The zero-order chi connectivity index (χ0) is 18.2. The molecule has 134 valence electrons. The summed E-state index contributed by atoms with van der Waals surface area (Å²) in [5, 5.41) is 3.41. The molecule has 2 rings (SSSR count). The van der Waals surface area contributed by atoms with Crippen molar-refractivity contribution in [3.05, 3.63) is 65.7 Å². The second kappa shape index (κ2) is 9.23. The first-order valence-electron chi connectivity index (χ1n) is 8.67. The van der Waals surface area contributed by atoms with E-state index in [1.807, 2.05) is 49.5 Å². The Hall–Kier alpha value is -2.33. The molecule has 1 N–H and O–H groups in total. The topological polar surface area (TPSA) is 41.6 Å². The molecule has 0 fully saturated rings. The Labute approximate surface area is 150 Å². The Morgan fingerprint density at radius 3 is 2.36 bits per heavy atom. The van der Waals surface area contributed by atoms with Crippen molar-refractivity contribution in [1.29, 1.82) is 0 Å². The third kappa shape index (κ3) is 5.33. The van der Waals surface area contributed by atoms with Crippen LogP contribution in [-0.2, 0) is 11.3 Å². The van der Waals surface area contributed by atoms with Crippen LogP contribution in [0.15, 0.2) is 54.6 Å². The number of amides is 1. The highest BCUT2D eigenvalue weighted by molar-refractivity contribution is 5.78. The number of carbonyl (C=O) groups excluding carboxylic acids is 1. The average Bonchev–Trinajstić information content (AvgIpc) is 2.62. The van der Waals surface area contributed by atoms with E-state index < -0.39 is 0 Å². The molecule has 1 atom stereocenters. The Bertz CT molecular complexity index is 671. The van der Waals surface area contributed by atoms with E-state index in [9.17, 15) is 4.79 Å². The summed E-state index contributed by atoms with van der Waals surface area (Å²) in [4.78, 5) is 14.3. The van der Waals surface area contributed by atoms with Gasteiger partial charge in [-0.2, -0.15) is 0 Å². The summed E-state index contributed by atoms with van der Waals surface area (Å²) in [7, 11) is 3.47. The van der Waals surface area contributed by atoms with Crippen molar-refractivity contribution in [2.24, 2.45) is 5.92 Å². The predicted molar refractivity (Wildman–Crippen MR) is 101 cm³/mol. The SMILES string of the molecule is COc1ccccc1CN(C)C(=O)CNC(c1ccccc1)C(C)C. The Kier molecular flexibility index (Phi) is 7.02. The van der Waals surface area contributed by atoms with Crippen molar-refractivity contribution in [2.75, 3.05) is 20.7 Å². The highest BCUT2D eigenvalue weighted by atomic mass is 16.5. The fourth-order valence-corrected chi connectivity index (χ4v) is 2.91. The fourth-order valence-electron chi connectivity index (χ4n) is 2.91. The van der Waals surface area contributed by atoms with Crippen LogP contribution in [0.2, 0.25) is 0 Å². The van der Waals surface area contributed by atoms with E-state index in [0.717, 1.165) is 11.3 Å². The number of benzene rings is 2. The molecule has 0 spiro atoms. The van der Waals surface area contributed by atoms with Gasteiger partial charge in [0.05, 0.1) is 13.7 Å². The van der Waals surface area contributed by atoms with E-state index in [2.05, 4.69) is 31.3 Å². The highest BCUT2D eigenvalue weighted by Crippen LogP contribution is 2.21. The van der Waals surface area contributed by atoms with Crippen molar-refractivity contribution in [2.45, 2.75) is 26.4 Å². The van der Waals surface area contributed by atoms with Gasteiger partial charge in [-0.15, -0.1) is 0 Å². The molecule has 0 aliphatic heterocycles. The molecular weight excluding hydrogens is 312 g/mol. The van der Waals surface area contributed by atoms with Crippen molar-refractivity contribution in [1.82, 2.24) is 10.2 Å². The first-order valence-corrected chi connectivity index (χ1v) is 8.67. The first kappa shape index (κ1) is 19.0. The lowest BCUT2D eigenvalue weighted by Crippen LogP contribution is -2.38. The van der Waals surface area contributed by atoms with Crippen LogP contribution in [0.4, 0.5) is 0 Å². The highest BCUT2D eigenvalue weighted by Gasteiger charge is 2.18. The van der Waals surface area contributed by atoms with Crippen LogP contribution in [-0.4, -0.2) is 31.5 Å². The van der Waals surface area contributed by atoms with Gasteiger partial charge >= 0.3 is 0 Å². The molecule has 4 nitrogen and oxygen atoms in total. The Morgan fingerprint density at radius 1 is 1.08 bits per heavy atom. The van der Waals surface area contributed by atoms with Gasteiger partial charge in [0.2, 0.25) is 5.91 Å². The van der Waals surface area contributed by atoms with Gasteiger partial charge in [0.25, 0.3) is 0 Å². The number of para-hydroxylation sites is 1. The van der Waals surface area contributed by atoms with Crippen LogP contribution in [0.3, 0.4) is 0 Å². The summed E-state index contributed by atoms with van der Waals surface area (Å²) in [6, 6.07) is 18.2. The molecule has 1 unspecified atom stereocenters. The largest absolute Gasteiger partial charge is 0.496 e. The molecule has 0 aromatic heterocycles. The average molecular weight is 340 g/mol. The van der Waals surface area contributed by atoms with E-state index in [1.165, 1.54) is 5.56 Å². The molecule has 0 radical (unpaired) electrons. The molecular formula is C21H28N2O2. The lowest BCUT2D eigenvalue weighted by Gasteiger charge is -2.25. The lowest BCUT2D eigenvalue weighted by atomic mass is 9.96. The number of nitrogens with one attached hydrogen (secondary N) is 1. The molecule has 0 aliphatic rings. The van der Waals surface area contributed by atoms with Gasteiger partial charge in [-0.25, -0.2) is 0 Å². The van der Waals surface area contributed by atoms with Gasteiger partial charge in [-0.3, -0.25) is 4.79 Å². The Morgan fingerprint density at radius 2 is 1.72 bits per heavy atom. The van der Waals surface area contributed by atoms with Crippen LogP contribution < -0.4 is 10.1 Å². The lowest BCUT2D eigenvalue weighted by molar-refractivity contribution is -0.129. The summed E-state index contributed by atoms with van der Waals surface area (Å²) in [5.74, 6) is 1.27. The van der Waals surface area contributed by atoms with Gasteiger partial charge in [-0.1, -0.05) is 62.4 Å². The fraction of sp³-hybridized carbons (Fsp3) is 0.381. The summed E-state index contributed by atoms with van der Waals surface area (Å²) >= 11 is 0. The van der Waals surface area contributed by atoms with Crippen molar-refractivity contribution >= 4 is 5.91 Å². The number of ether oxygens (including phenoxy) is 1. The standard InChI is InChI=1S/C21H28N2O2/c1-16(2)21(17-10-6-5-7-11-17)22-14-20(24)23(3)15-18-12-8-9-13-19(18)25-4/h5-13,16,21-22H,14-15H2,1-4H3. The zero-order valence-corrected chi connectivity index (χ0v) is 15.5. The summed E-state index contributed by atoms with van der Waals surface area (Å²) in [6.45, 7) is 5.16. The van der Waals surface area contributed by atoms with Crippen molar-refractivity contribution in [3.63, 3.8) is 0 Å². The number of hydrogen-bond donors (Lipinski definition) is 1. The van der Waals surface area contributed by atoms with Crippen LogP contribution >= 0.6 is 0 Å². The number of carbonyl (C=O) groups is 1. The maximum atomic E-state index is 12.5. The molecule has 1 amide bonds. The van der Waals surface area contributed by atoms with Gasteiger partial charge in [0.1, 0.15) is 5.75 Å².